The maximum atomic E-state index is 12.6. The first-order valence-corrected chi connectivity index (χ1v) is 10.4. The lowest BCUT2D eigenvalue weighted by Gasteiger charge is -2.32. The van der Waals surface area contributed by atoms with Gasteiger partial charge in [-0.05, 0) is 31.2 Å². The average molecular weight is 385 g/mol. The van der Waals surface area contributed by atoms with Crippen LogP contribution in [0.4, 0.5) is 0 Å². The van der Waals surface area contributed by atoms with E-state index >= 15 is 0 Å². The summed E-state index contributed by atoms with van der Waals surface area (Å²) in [5, 5.41) is 8.83. The zero-order valence-corrected chi connectivity index (χ0v) is 16.1. The van der Waals surface area contributed by atoms with Crippen molar-refractivity contribution in [1.29, 1.82) is 0 Å². The first-order valence-electron chi connectivity index (χ1n) is 9.43. The van der Waals surface area contributed by atoms with Crippen molar-refractivity contribution < 1.29 is 4.79 Å². The van der Waals surface area contributed by atoms with Gasteiger partial charge in [0.2, 0.25) is 5.91 Å². The summed E-state index contributed by atoms with van der Waals surface area (Å²) in [6.45, 7) is 2.36. The summed E-state index contributed by atoms with van der Waals surface area (Å²) in [5.74, 6) is 1.62. The van der Waals surface area contributed by atoms with Crippen LogP contribution >= 0.6 is 11.3 Å². The number of hydrogen-bond acceptors (Lipinski definition) is 5. The Labute approximate surface area is 162 Å². The Kier molecular flexibility index (Phi) is 5.62. The molecule has 7 nitrogen and oxygen atoms in total. The van der Waals surface area contributed by atoms with Crippen LogP contribution in [-0.4, -0.2) is 48.6 Å². The number of hydrogen-bond donors (Lipinski definition) is 1. The summed E-state index contributed by atoms with van der Waals surface area (Å²) in [4.78, 5) is 23.6. The standard InChI is InChI=1S/C19H24N6OS/c26-18(5-1-3-15-9-22-23-10-15)24-7-2-4-16(11-24)19-20-6-8-25(19)12-17-13-27-14-21-17/h6,8-10,13-14,16H,1-5,7,11-12H2,(H,22,23). The monoisotopic (exact) mass is 384 g/mol. The first-order chi connectivity index (χ1) is 13.3. The van der Waals surface area contributed by atoms with Crippen LogP contribution in [0.3, 0.4) is 0 Å². The molecule has 1 aliphatic rings. The molecule has 0 aromatic carbocycles. The predicted octanol–water partition coefficient (Wildman–Crippen LogP) is 2.84. The normalized spacial score (nSPS) is 17.3. The molecule has 1 unspecified atom stereocenters. The summed E-state index contributed by atoms with van der Waals surface area (Å²) in [7, 11) is 0. The highest BCUT2D eigenvalue weighted by Crippen LogP contribution is 2.27. The highest BCUT2D eigenvalue weighted by molar-refractivity contribution is 7.07. The summed E-state index contributed by atoms with van der Waals surface area (Å²) >= 11 is 1.61. The fourth-order valence-electron chi connectivity index (χ4n) is 3.74. The van der Waals surface area contributed by atoms with Crippen molar-refractivity contribution in [3.8, 4) is 0 Å². The third-order valence-electron chi connectivity index (χ3n) is 5.11. The number of imidazole rings is 1. The molecule has 1 amide bonds. The van der Waals surface area contributed by atoms with Crippen LogP contribution in [0.15, 0.2) is 35.7 Å². The van der Waals surface area contributed by atoms with E-state index in [-0.39, 0.29) is 5.91 Å². The van der Waals surface area contributed by atoms with E-state index < -0.39 is 0 Å². The molecule has 4 rings (SSSR count). The molecule has 8 heteroatoms. The number of nitrogens with zero attached hydrogens (tertiary/aromatic N) is 5. The maximum absolute atomic E-state index is 12.6. The van der Waals surface area contributed by atoms with Gasteiger partial charge < -0.3 is 9.47 Å². The second-order valence-electron chi connectivity index (χ2n) is 7.03. The average Bonchev–Trinajstić information content (AvgIpc) is 3.45. The van der Waals surface area contributed by atoms with Gasteiger partial charge in [0.05, 0.1) is 23.9 Å². The van der Waals surface area contributed by atoms with Crippen molar-refractivity contribution in [3.05, 3.63) is 52.8 Å². The van der Waals surface area contributed by atoms with Crippen LogP contribution in [0.1, 0.15) is 48.7 Å². The highest BCUT2D eigenvalue weighted by Gasteiger charge is 2.27. The molecule has 0 radical (unpaired) electrons. The van der Waals surface area contributed by atoms with E-state index in [2.05, 4.69) is 30.1 Å². The molecule has 1 atom stereocenters. The number of aryl methyl sites for hydroxylation is 1. The van der Waals surface area contributed by atoms with Gasteiger partial charge in [-0.25, -0.2) is 9.97 Å². The molecular formula is C19H24N6OS. The third kappa shape index (κ3) is 4.44. The Hall–Kier alpha value is -2.48. The zero-order chi connectivity index (χ0) is 18.5. The lowest BCUT2D eigenvalue weighted by atomic mass is 9.96. The quantitative estimate of drug-likeness (QED) is 0.679. The molecule has 1 aliphatic heterocycles. The molecular weight excluding hydrogens is 360 g/mol. The molecule has 3 aromatic heterocycles. The van der Waals surface area contributed by atoms with E-state index in [1.165, 1.54) is 0 Å². The SMILES string of the molecule is O=C(CCCc1cn[nH]c1)N1CCCC(c2nccn2Cc2cscn2)C1. The van der Waals surface area contributed by atoms with Gasteiger partial charge in [-0.1, -0.05) is 0 Å². The Morgan fingerprint density at radius 1 is 1.37 bits per heavy atom. The first kappa shape index (κ1) is 17.9. The Morgan fingerprint density at radius 3 is 3.15 bits per heavy atom. The van der Waals surface area contributed by atoms with Crippen LogP contribution < -0.4 is 0 Å². The lowest BCUT2D eigenvalue weighted by molar-refractivity contribution is -0.132. The maximum Gasteiger partial charge on any atom is 0.222 e. The van der Waals surface area contributed by atoms with E-state index in [0.29, 0.717) is 12.3 Å². The predicted molar refractivity (Wildman–Crippen MR) is 104 cm³/mol. The van der Waals surface area contributed by atoms with Crippen molar-refractivity contribution in [3.63, 3.8) is 0 Å². The largest absolute Gasteiger partial charge is 0.342 e. The van der Waals surface area contributed by atoms with Gasteiger partial charge in [-0.15, -0.1) is 11.3 Å². The number of amides is 1. The van der Waals surface area contributed by atoms with Crippen molar-refractivity contribution in [2.75, 3.05) is 13.1 Å². The number of H-pyrrole nitrogens is 1. The molecule has 0 bridgehead atoms. The van der Waals surface area contributed by atoms with Crippen molar-refractivity contribution in [2.45, 2.75) is 44.6 Å². The van der Waals surface area contributed by atoms with E-state index in [9.17, 15) is 4.79 Å². The van der Waals surface area contributed by atoms with Gasteiger partial charge in [0.15, 0.2) is 0 Å². The number of carbonyl (C=O) groups is 1. The molecule has 3 aromatic rings. The van der Waals surface area contributed by atoms with Gasteiger partial charge in [-0.2, -0.15) is 5.10 Å². The number of thiazole rings is 1. The summed E-state index contributed by atoms with van der Waals surface area (Å²) in [5.41, 5.74) is 4.07. The Bertz CT molecular complexity index is 842. The van der Waals surface area contributed by atoms with Crippen LogP contribution in [0.25, 0.3) is 0 Å². The van der Waals surface area contributed by atoms with E-state index in [4.69, 9.17) is 0 Å². The number of aromatic nitrogens is 5. The number of likely N-dealkylation sites (tertiary alicyclic amines) is 1. The van der Waals surface area contributed by atoms with Gasteiger partial charge >= 0.3 is 0 Å². The molecule has 0 spiro atoms. The number of piperidine rings is 1. The molecule has 0 saturated carbocycles. The van der Waals surface area contributed by atoms with Gasteiger partial charge in [0.25, 0.3) is 0 Å². The van der Waals surface area contributed by atoms with Crippen LogP contribution in [0.2, 0.25) is 0 Å². The van der Waals surface area contributed by atoms with Crippen molar-refractivity contribution in [2.24, 2.45) is 0 Å². The fourth-order valence-corrected chi connectivity index (χ4v) is 4.28. The Balaban J connectivity index is 1.34. The second kappa shape index (κ2) is 8.47. The zero-order valence-electron chi connectivity index (χ0n) is 15.3. The van der Waals surface area contributed by atoms with E-state index in [1.807, 2.05) is 35.2 Å². The minimum atomic E-state index is 0.251. The summed E-state index contributed by atoms with van der Waals surface area (Å²) < 4.78 is 2.17. The van der Waals surface area contributed by atoms with E-state index in [0.717, 1.165) is 62.4 Å². The van der Waals surface area contributed by atoms with E-state index in [1.54, 1.807) is 11.3 Å². The van der Waals surface area contributed by atoms with Gasteiger partial charge in [0, 0.05) is 49.4 Å². The van der Waals surface area contributed by atoms with Gasteiger partial charge in [-0.3, -0.25) is 9.89 Å². The number of rotatable bonds is 7. The van der Waals surface area contributed by atoms with Crippen LogP contribution in [-0.2, 0) is 17.8 Å². The highest BCUT2D eigenvalue weighted by atomic mass is 32.1. The summed E-state index contributed by atoms with van der Waals surface area (Å²) in [6, 6.07) is 0. The minimum Gasteiger partial charge on any atom is -0.342 e. The fraction of sp³-hybridized carbons (Fsp3) is 0.474. The molecule has 1 N–H and O–H groups in total. The summed E-state index contributed by atoms with van der Waals surface area (Å²) in [6.07, 6.45) is 12.0. The molecule has 142 valence electrons. The Morgan fingerprint density at radius 2 is 2.33 bits per heavy atom. The van der Waals surface area contributed by atoms with Crippen molar-refractivity contribution >= 4 is 17.2 Å². The second-order valence-corrected chi connectivity index (χ2v) is 7.75. The lowest BCUT2D eigenvalue weighted by Crippen LogP contribution is -2.39. The number of nitrogens with one attached hydrogen (secondary N) is 1. The molecule has 4 heterocycles. The van der Waals surface area contributed by atoms with Gasteiger partial charge in [0.1, 0.15) is 5.82 Å². The van der Waals surface area contributed by atoms with Crippen LogP contribution in [0.5, 0.6) is 0 Å². The number of aromatic amines is 1. The molecule has 27 heavy (non-hydrogen) atoms. The van der Waals surface area contributed by atoms with Crippen molar-refractivity contribution in [1.82, 2.24) is 29.6 Å². The molecule has 0 aliphatic carbocycles. The third-order valence-corrected chi connectivity index (χ3v) is 5.75. The smallest absolute Gasteiger partial charge is 0.222 e. The molecule has 1 saturated heterocycles. The molecule has 1 fully saturated rings. The minimum absolute atomic E-state index is 0.251. The topological polar surface area (TPSA) is 79.7 Å². The number of carbonyl (C=O) groups excluding carboxylic acids is 1. The van der Waals surface area contributed by atoms with Crippen LogP contribution in [0, 0.1) is 0 Å².